The summed E-state index contributed by atoms with van der Waals surface area (Å²) in [6.45, 7) is 5.08. The van der Waals surface area contributed by atoms with Crippen LogP contribution in [0.5, 0.6) is 0 Å². The van der Waals surface area contributed by atoms with Gasteiger partial charge in [-0.05, 0) is 20.8 Å². The lowest BCUT2D eigenvalue weighted by Crippen LogP contribution is -2.46. The average molecular weight is 246 g/mol. The summed E-state index contributed by atoms with van der Waals surface area (Å²) < 4.78 is 18.4. The van der Waals surface area contributed by atoms with E-state index in [1.807, 2.05) is 0 Å². The molecule has 0 bridgehead atoms. The molecule has 0 spiro atoms. The molecule has 0 aromatic rings. The van der Waals surface area contributed by atoms with Crippen molar-refractivity contribution in [2.24, 2.45) is 0 Å². The predicted octanol–water partition coefficient (Wildman–Crippen LogP) is 1.08. The van der Waals surface area contributed by atoms with Crippen molar-refractivity contribution in [3.8, 4) is 0 Å². The summed E-state index contributed by atoms with van der Waals surface area (Å²) in [7, 11) is 1.46. The first-order chi connectivity index (χ1) is 7.74. The Balaban J connectivity index is 2.73. The van der Waals surface area contributed by atoms with Crippen molar-refractivity contribution in [3.63, 3.8) is 0 Å². The van der Waals surface area contributed by atoms with E-state index in [1.54, 1.807) is 20.8 Å². The van der Waals surface area contributed by atoms with E-state index in [1.165, 1.54) is 7.05 Å². The van der Waals surface area contributed by atoms with Crippen molar-refractivity contribution in [1.29, 1.82) is 0 Å². The normalized spacial score (nSPS) is 24.6. The largest absolute Gasteiger partial charge is 0.444 e. The summed E-state index contributed by atoms with van der Waals surface area (Å²) in [6, 6.07) is -0.773. The molecule has 1 rings (SSSR count). The number of likely N-dealkylation sites (tertiary alicyclic amines) is 1. The SMILES string of the molecule is CNC(=O)[C@@H]1C[C@@H](F)CN1C(=O)OC(C)(C)C. The summed E-state index contributed by atoms with van der Waals surface area (Å²) in [4.78, 5) is 24.5. The van der Waals surface area contributed by atoms with Gasteiger partial charge in [0.15, 0.2) is 0 Å². The number of nitrogens with zero attached hydrogens (tertiary/aromatic N) is 1. The number of likely N-dealkylation sites (N-methyl/N-ethyl adjacent to an activating group) is 1. The van der Waals surface area contributed by atoms with Gasteiger partial charge >= 0.3 is 6.09 Å². The Morgan fingerprint density at radius 3 is 2.47 bits per heavy atom. The molecule has 1 heterocycles. The van der Waals surface area contributed by atoms with Crippen LogP contribution in [0.1, 0.15) is 27.2 Å². The van der Waals surface area contributed by atoms with Crippen molar-refractivity contribution < 1.29 is 18.7 Å². The molecule has 0 saturated carbocycles. The highest BCUT2D eigenvalue weighted by Crippen LogP contribution is 2.23. The highest BCUT2D eigenvalue weighted by Gasteiger charge is 2.41. The molecule has 1 aliphatic rings. The molecule has 0 unspecified atom stereocenters. The smallest absolute Gasteiger partial charge is 0.411 e. The molecular weight excluding hydrogens is 227 g/mol. The Kier molecular flexibility index (Phi) is 3.95. The molecule has 98 valence electrons. The van der Waals surface area contributed by atoms with Crippen LogP contribution in [-0.2, 0) is 9.53 Å². The fourth-order valence-corrected chi connectivity index (χ4v) is 1.72. The summed E-state index contributed by atoms with van der Waals surface area (Å²) in [5, 5.41) is 2.42. The maximum Gasteiger partial charge on any atom is 0.411 e. The van der Waals surface area contributed by atoms with Crippen LogP contribution in [-0.4, -0.2) is 48.3 Å². The van der Waals surface area contributed by atoms with E-state index in [0.29, 0.717) is 0 Å². The van der Waals surface area contributed by atoms with E-state index < -0.39 is 23.9 Å². The van der Waals surface area contributed by atoms with Crippen LogP contribution in [0, 0.1) is 0 Å². The van der Waals surface area contributed by atoms with Gasteiger partial charge in [0, 0.05) is 13.5 Å². The van der Waals surface area contributed by atoms with E-state index in [0.717, 1.165) is 4.90 Å². The zero-order valence-corrected chi connectivity index (χ0v) is 10.6. The predicted molar refractivity (Wildman–Crippen MR) is 60.3 cm³/mol. The third kappa shape index (κ3) is 3.57. The molecule has 1 fully saturated rings. The van der Waals surface area contributed by atoms with Gasteiger partial charge in [-0.3, -0.25) is 9.69 Å². The highest BCUT2D eigenvalue weighted by atomic mass is 19.1. The number of carbonyl (C=O) groups is 2. The van der Waals surface area contributed by atoms with E-state index in [9.17, 15) is 14.0 Å². The van der Waals surface area contributed by atoms with Crippen LogP contribution in [0.25, 0.3) is 0 Å². The van der Waals surface area contributed by atoms with Gasteiger partial charge in [-0.2, -0.15) is 0 Å². The number of alkyl halides is 1. The molecule has 0 aromatic carbocycles. The van der Waals surface area contributed by atoms with E-state index in [4.69, 9.17) is 4.74 Å². The molecule has 5 nitrogen and oxygen atoms in total. The molecule has 17 heavy (non-hydrogen) atoms. The second-order valence-electron chi connectivity index (χ2n) is 5.10. The third-order valence-corrected chi connectivity index (χ3v) is 2.43. The maximum atomic E-state index is 13.3. The van der Waals surface area contributed by atoms with Crippen LogP contribution < -0.4 is 5.32 Å². The van der Waals surface area contributed by atoms with Crippen LogP contribution in [0.3, 0.4) is 0 Å². The molecule has 1 N–H and O–H groups in total. The van der Waals surface area contributed by atoms with Gasteiger partial charge < -0.3 is 10.1 Å². The second kappa shape index (κ2) is 4.89. The summed E-state index contributed by atoms with van der Waals surface area (Å²) in [5.74, 6) is -0.365. The molecule has 2 atom stereocenters. The fraction of sp³-hybridized carbons (Fsp3) is 0.818. The highest BCUT2D eigenvalue weighted by molar-refractivity contribution is 5.86. The van der Waals surface area contributed by atoms with Gasteiger partial charge in [-0.1, -0.05) is 0 Å². The lowest BCUT2D eigenvalue weighted by atomic mass is 10.2. The van der Waals surface area contributed by atoms with Gasteiger partial charge in [0.25, 0.3) is 0 Å². The number of halogens is 1. The van der Waals surface area contributed by atoms with Gasteiger partial charge in [0.1, 0.15) is 17.8 Å². The zero-order chi connectivity index (χ0) is 13.2. The lowest BCUT2D eigenvalue weighted by molar-refractivity contribution is -0.125. The van der Waals surface area contributed by atoms with Gasteiger partial charge in [0.2, 0.25) is 5.91 Å². The maximum absolute atomic E-state index is 13.3. The standard InChI is InChI=1S/C11H19FN2O3/c1-11(2,3)17-10(16)14-6-7(12)5-8(14)9(15)13-4/h7-8H,5-6H2,1-4H3,(H,13,15)/t7-,8+/m1/s1. The minimum Gasteiger partial charge on any atom is -0.444 e. The Bertz CT molecular complexity index is 314. The fourth-order valence-electron chi connectivity index (χ4n) is 1.72. The third-order valence-electron chi connectivity index (χ3n) is 2.43. The van der Waals surface area contributed by atoms with Gasteiger partial charge in [-0.25, -0.2) is 9.18 Å². The Morgan fingerprint density at radius 2 is 2.00 bits per heavy atom. The molecule has 6 heteroatoms. The van der Waals surface area contributed by atoms with Crippen molar-refractivity contribution >= 4 is 12.0 Å². The van der Waals surface area contributed by atoms with Crippen molar-refractivity contribution in [2.75, 3.05) is 13.6 Å². The Labute approximate surface area is 100 Å². The minimum atomic E-state index is -1.18. The van der Waals surface area contributed by atoms with Crippen LogP contribution in [0.2, 0.25) is 0 Å². The quantitative estimate of drug-likeness (QED) is 0.753. The number of rotatable bonds is 1. The van der Waals surface area contributed by atoms with Crippen molar-refractivity contribution in [2.45, 2.75) is 45.0 Å². The number of amides is 2. The van der Waals surface area contributed by atoms with Crippen LogP contribution in [0.4, 0.5) is 9.18 Å². The van der Waals surface area contributed by atoms with Crippen LogP contribution in [0.15, 0.2) is 0 Å². The summed E-state index contributed by atoms with van der Waals surface area (Å²) >= 11 is 0. The van der Waals surface area contributed by atoms with Gasteiger partial charge in [-0.15, -0.1) is 0 Å². The number of hydrogen-bond acceptors (Lipinski definition) is 3. The first-order valence-corrected chi connectivity index (χ1v) is 5.60. The lowest BCUT2D eigenvalue weighted by Gasteiger charge is -2.27. The first-order valence-electron chi connectivity index (χ1n) is 5.60. The number of nitrogens with one attached hydrogen (secondary N) is 1. The molecular formula is C11H19FN2O3. The molecule has 0 aliphatic carbocycles. The molecule has 0 radical (unpaired) electrons. The topological polar surface area (TPSA) is 58.6 Å². The second-order valence-corrected chi connectivity index (χ2v) is 5.10. The first kappa shape index (κ1) is 13.7. The zero-order valence-electron chi connectivity index (χ0n) is 10.6. The Morgan fingerprint density at radius 1 is 1.41 bits per heavy atom. The number of carbonyl (C=O) groups excluding carboxylic acids is 2. The van der Waals surface area contributed by atoms with E-state index in [-0.39, 0.29) is 18.9 Å². The van der Waals surface area contributed by atoms with Crippen LogP contribution >= 0.6 is 0 Å². The molecule has 1 aliphatic heterocycles. The van der Waals surface area contributed by atoms with Gasteiger partial charge in [0.05, 0.1) is 6.54 Å². The van der Waals surface area contributed by atoms with Crippen molar-refractivity contribution in [1.82, 2.24) is 10.2 Å². The molecule has 2 amide bonds. The number of ether oxygens (including phenoxy) is 1. The molecule has 0 aromatic heterocycles. The van der Waals surface area contributed by atoms with Crippen molar-refractivity contribution in [3.05, 3.63) is 0 Å². The monoisotopic (exact) mass is 246 g/mol. The Hall–Kier alpha value is -1.33. The summed E-state index contributed by atoms with van der Waals surface area (Å²) in [5.41, 5.74) is -0.654. The van der Waals surface area contributed by atoms with E-state index >= 15 is 0 Å². The number of hydrogen-bond donors (Lipinski definition) is 1. The average Bonchev–Trinajstić information content (AvgIpc) is 2.56. The minimum absolute atomic E-state index is 0.0267. The van der Waals surface area contributed by atoms with E-state index in [2.05, 4.69) is 5.32 Å². The summed E-state index contributed by atoms with van der Waals surface area (Å²) in [6.07, 6.45) is -1.80. The molecule has 1 saturated heterocycles.